The van der Waals surface area contributed by atoms with Gasteiger partial charge in [-0.25, -0.2) is 4.98 Å². The standard InChI is InChI=1S/C16H25N3OS/c1-11-10-21-15(18-11)16(7-2-3-8-16)19-14(20)9-12-5-4-6-13(12)17/h10,12-13H,2-9,17H2,1H3,(H,19,20)/t12-,13+/m0/s1. The SMILES string of the molecule is Cc1csc(C2(NC(=O)C[C@@H]3CCC[C@H]3N)CCCC2)n1. The minimum atomic E-state index is -0.210. The van der Waals surface area contributed by atoms with Gasteiger partial charge in [0.1, 0.15) is 5.01 Å². The zero-order valence-corrected chi connectivity index (χ0v) is 13.5. The van der Waals surface area contributed by atoms with Crippen LogP contribution >= 0.6 is 11.3 Å². The molecular formula is C16H25N3OS. The van der Waals surface area contributed by atoms with E-state index in [2.05, 4.69) is 15.7 Å². The number of nitrogens with zero attached hydrogens (tertiary/aromatic N) is 1. The van der Waals surface area contributed by atoms with Crippen LogP contribution < -0.4 is 11.1 Å². The molecule has 3 rings (SSSR count). The van der Waals surface area contributed by atoms with Crippen molar-refractivity contribution in [3.05, 3.63) is 16.1 Å². The number of aryl methyl sites for hydroxylation is 1. The van der Waals surface area contributed by atoms with Gasteiger partial charge in [-0.2, -0.15) is 0 Å². The van der Waals surface area contributed by atoms with Crippen LogP contribution in [-0.4, -0.2) is 16.9 Å². The lowest BCUT2D eigenvalue weighted by Crippen LogP contribution is -2.45. The molecule has 116 valence electrons. The molecule has 21 heavy (non-hydrogen) atoms. The molecule has 1 heterocycles. The van der Waals surface area contributed by atoms with Gasteiger partial charge in [-0.1, -0.05) is 19.3 Å². The number of hydrogen-bond acceptors (Lipinski definition) is 4. The van der Waals surface area contributed by atoms with Gasteiger partial charge in [0.2, 0.25) is 5.91 Å². The highest BCUT2D eigenvalue weighted by atomic mass is 32.1. The van der Waals surface area contributed by atoms with Crippen molar-refractivity contribution in [1.29, 1.82) is 0 Å². The third kappa shape index (κ3) is 3.14. The van der Waals surface area contributed by atoms with E-state index in [-0.39, 0.29) is 17.5 Å². The predicted molar refractivity (Wildman–Crippen MR) is 85.1 cm³/mol. The summed E-state index contributed by atoms with van der Waals surface area (Å²) in [5.41, 5.74) is 6.93. The number of carbonyl (C=O) groups is 1. The molecule has 0 aromatic carbocycles. The van der Waals surface area contributed by atoms with Crippen LogP contribution in [0, 0.1) is 12.8 Å². The molecular weight excluding hydrogens is 282 g/mol. The van der Waals surface area contributed by atoms with E-state index in [0.29, 0.717) is 12.3 Å². The molecule has 2 aliphatic carbocycles. The maximum atomic E-state index is 12.5. The van der Waals surface area contributed by atoms with Crippen molar-refractivity contribution >= 4 is 17.2 Å². The maximum absolute atomic E-state index is 12.5. The Balaban J connectivity index is 1.69. The van der Waals surface area contributed by atoms with E-state index in [0.717, 1.165) is 42.8 Å². The molecule has 0 saturated heterocycles. The third-order valence-corrected chi connectivity index (χ3v) is 6.19. The Hall–Kier alpha value is -0.940. The van der Waals surface area contributed by atoms with Gasteiger partial charge >= 0.3 is 0 Å². The fourth-order valence-corrected chi connectivity index (χ4v) is 4.83. The van der Waals surface area contributed by atoms with Crippen LogP contribution in [-0.2, 0) is 10.3 Å². The minimum absolute atomic E-state index is 0.159. The average Bonchev–Trinajstić information content (AvgIpc) is 3.14. The van der Waals surface area contributed by atoms with Gasteiger partial charge in [0, 0.05) is 23.5 Å². The van der Waals surface area contributed by atoms with Crippen molar-refractivity contribution in [1.82, 2.24) is 10.3 Å². The van der Waals surface area contributed by atoms with Crippen molar-refractivity contribution < 1.29 is 4.79 Å². The first-order valence-electron chi connectivity index (χ1n) is 8.08. The first-order chi connectivity index (χ1) is 10.1. The fraction of sp³-hybridized carbons (Fsp3) is 0.750. The molecule has 1 aromatic rings. The van der Waals surface area contributed by atoms with Crippen LogP contribution in [0.2, 0.25) is 0 Å². The molecule has 3 N–H and O–H groups in total. The lowest BCUT2D eigenvalue weighted by atomic mass is 9.95. The molecule has 2 aliphatic rings. The summed E-state index contributed by atoms with van der Waals surface area (Å²) >= 11 is 1.68. The molecule has 1 aromatic heterocycles. The molecule has 0 aliphatic heterocycles. The number of rotatable bonds is 4. The zero-order valence-electron chi connectivity index (χ0n) is 12.7. The van der Waals surface area contributed by atoms with Crippen LogP contribution in [0.5, 0.6) is 0 Å². The number of aromatic nitrogens is 1. The van der Waals surface area contributed by atoms with Crippen LogP contribution in [0.15, 0.2) is 5.38 Å². The predicted octanol–water partition coefficient (Wildman–Crippen LogP) is 2.85. The molecule has 0 unspecified atom stereocenters. The Bertz CT molecular complexity index is 507. The van der Waals surface area contributed by atoms with E-state index in [4.69, 9.17) is 5.73 Å². The molecule has 2 atom stereocenters. The summed E-state index contributed by atoms with van der Waals surface area (Å²) in [6.07, 6.45) is 8.27. The summed E-state index contributed by atoms with van der Waals surface area (Å²) in [6, 6.07) is 0.206. The van der Waals surface area contributed by atoms with Crippen molar-refractivity contribution in [2.75, 3.05) is 0 Å². The van der Waals surface area contributed by atoms with Crippen LogP contribution in [0.25, 0.3) is 0 Å². The van der Waals surface area contributed by atoms with E-state index in [1.807, 2.05) is 6.92 Å². The van der Waals surface area contributed by atoms with Gasteiger partial charge < -0.3 is 11.1 Å². The van der Waals surface area contributed by atoms with Gasteiger partial charge in [0.05, 0.1) is 5.54 Å². The fourth-order valence-electron chi connectivity index (χ4n) is 3.82. The Morgan fingerprint density at radius 3 is 2.76 bits per heavy atom. The molecule has 2 fully saturated rings. The summed E-state index contributed by atoms with van der Waals surface area (Å²) in [7, 11) is 0. The van der Waals surface area contributed by atoms with Crippen LogP contribution in [0.1, 0.15) is 62.1 Å². The molecule has 0 radical (unpaired) electrons. The number of nitrogens with two attached hydrogens (primary N) is 1. The molecule has 0 bridgehead atoms. The summed E-state index contributed by atoms with van der Waals surface area (Å²) in [6.45, 7) is 2.02. The third-order valence-electron chi connectivity index (χ3n) is 5.03. The summed E-state index contributed by atoms with van der Waals surface area (Å²) in [5, 5.41) is 6.49. The van der Waals surface area contributed by atoms with Crippen molar-refractivity contribution in [3.63, 3.8) is 0 Å². The van der Waals surface area contributed by atoms with Crippen molar-refractivity contribution in [2.24, 2.45) is 11.7 Å². The maximum Gasteiger partial charge on any atom is 0.221 e. The first kappa shape index (κ1) is 15.0. The molecule has 4 nitrogen and oxygen atoms in total. The number of carbonyl (C=O) groups excluding carboxylic acids is 1. The van der Waals surface area contributed by atoms with Crippen molar-refractivity contribution in [2.45, 2.75) is 69.9 Å². The van der Waals surface area contributed by atoms with Gasteiger partial charge in [0.25, 0.3) is 0 Å². The average molecular weight is 307 g/mol. The second kappa shape index (κ2) is 6.05. The lowest BCUT2D eigenvalue weighted by molar-refractivity contribution is -0.124. The highest BCUT2D eigenvalue weighted by Gasteiger charge is 2.40. The molecule has 5 heteroatoms. The topological polar surface area (TPSA) is 68.0 Å². The number of nitrogens with one attached hydrogen (secondary N) is 1. The van der Waals surface area contributed by atoms with Gasteiger partial charge in [-0.05, 0) is 38.5 Å². The summed E-state index contributed by atoms with van der Waals surface area (Å²) < 4.78 is 0. The largest absolute Gasteiger partial charge is 0.344 e. The first-order valence-corrected chi connectivity index (χ1v) is 8.96. The Morgan fingerprint density at radius 1 is 1.43 bits per heavy atom. The molecule has 2 saturated carbocycles. The number of hydrogen-bond donors (Lipinski definition) is 2. The van der Waals surface area contributed by atoms with Gasteiger partial charge in [-0.15, -0.1) is 11.3 Å². The van der Waals surface area contributed by atoms with Crippen LogP contribution in [0.4, 0.5) is 0 Å². The summed E-state index contributed by atoms with van der Waals surface area (Å²) in [4.78, 5) is 17.1. The van der Waals surface area contributed by atoms with E-state index in [1.165, 1.54) is 12.8 Å². The van der Waals surface area contributed by atoms with E-state index < -0.39 is 0 Å². The highest BCUT2D eigenvalue weighted by molar-refractivity contribution is 7.09. The van der Waals surface area contributed by atoms with Crippen molar-refractivity contribution in [3.8, 4) is 0 Å². The number of thiazole rings is 1. The normalized spacial score (nSPS) is 27.9. The second-order valence-corrected chi connectivity index (χ2v) is 7.55. The van der Waals surface area contributed by atoms with Crippen LogP contribution in [0.3, 0.4) is 0 Å². The summed E-state index contributed by atoms with van der Waals surface area (Å²) in [5.74, 6) is 0.522. The second-order valence-electron chi connectivity index (χ2n) is 6.69. The molecule has 1 amide bonds. The smallest absolute Gasteiger partial charge is 0.221 e. The lowest BCUT2D eigenvalue weighted by Gasteiger charge is -2.29. The van der Waals surface area contributed by atoms with Gasteiger partial charge in [0.15, 0.2) is 0 Å². The highest BCUT2D eigenvalue weighted by Crippen LogP contribution is 2.40. The van der Waals surface area contributed by atoms with Gasteiger partial charge in [-0.3, -0.25) is 4.79 Å². The quantitative estimate of drug-likeness (QED) is 0.898. The van der Waals surface area contributed by atoms with E-state index in [9.17, 15) is 4.79 Å². The zero-order chi connectivity index (χ0) is 14.9. The minimum Gasteiger partial charge on any atom is -0.344 e. The monoisotopic (exact) mass is 307 g/mol. The Labute approximate surface area is 130 Å². The Kier molecular flexibility index (Phi) is 4.31. The van der Waals surface area contributed by atoms with E-state index >= 15 is 0 Å². The number of amides is 1. The molecule has 0 spiro atoms. The Morgan fingerprint density at radius 2 is 2.19 bits per heavy atom. The van der Waals surface area contributed by atoms with E-state index in [1.54, 1.807) is 11.3 Å².